The van der Waals surface area contributed by atoms with Crippen molar-refractivity contribution in [3.63, 3.8) is 0 Å². The number of benzene rings is 3. The lowest BCUT2D eigenvalue weighted by Gasteiger charge is -2.13. The summed E-state index contributed by atoms with van der Waals surface area (Å²) in [5.41, 5.74) is 5.74. The van der Waals surface area contributed by atoms with Crippen molar-refractivity contribution in [2.24, 2.45) is 0 Å². The Morgan fingerprint density at radius 1 is 0.826 bits per heavy atom. The summed E-state index contributed by atoms with van der Waals surface area (Å²) in [5, 5.41) is 0.794. The van der Waals surface area contributed by atoms with E-state index in [1.165, 1.54) is 5.56 Å². The Hall–Kier alpha value is -2.25. The van der Waals surface area contributed by atoms with Crippen molar-refractivity contribution in [2.45, 2.75) is 20.5 Å². The highest BCUT2D eigenvalue weighted by Crippen LogP contribution is 2.28. The van der Waals surface area contributed by atoms with Crippen LogP contribution < -0.4 is 4.74 Å². The molecule has 0 aromatic heterocycles. The second kappa shape index (κ2) is 6.89. The third-order valence-electron chi connectivity index (χ3n) is 3.96. The van der Waals surface area contributed by atoms with E-state index in [0.29, 0.717) is 6.61 Å². The molecule has 0 atom stereocenters. The number of aryl methyl sites for hydroxylation is 2. The Morgan fingerprint density at radius 2 is 1.57 bits per heavy atom. The van der Waals surface area contributed by atoms with E-state index >= 15 is 0 Å². The lowest BCUT2D eigenvalue weighted by molar-refractivity contribution is 0.304. The topological polar surface area (TPSA) is 9.23 Å². The molecule has 0 aliphatic rings. The molecule has 3 aromatic carbocycles. The van der Waals surface area contributed by atoms with E-state index < -0.39 is 0 Å². The Kier molecular flexibility index (Phi) is 4.68. The van der Waals surface area contributed by atoms with Gasteiger partial charge in [0.2, 0.25) is 0 Å². The lowest BCUT2D eigenvalue weighted by atomic mass is 9.99. The first-order valence-corrected chi connectivity index (χ1v) is 8.06. The number of hydrogen-bond acceptors (Lipinski definition) is 1. The van der Waals surface area contributed by atoms with Gasteiger partial charge in [-0.3, -0.25) is 0 Å². The van der Waals surface area contributed by atoms with Crippen LogP contribution in [0.3, 0.4) is 0 Å². The molecule has 23 heavy (non-hydrogen) atoms. The molecule has 0 bridgehead atoms. The molecule has 0 saturated heterocycles. The van der Waals surface area contributed by atoms with Gasteiger partial charge in [-0.2, -0.15) is 0 Å². The van der Waals surface area contributed by atoms with Gasteiger partial charge in [0.25, 0.3) is 0 Å². The molecule has 0 radical (unpaired) electrons. The summed E-state index contributed by atoms with van der Waals surface area (Å²) < 4.78 is 6.01. The third-order valence-corrected chi connectivity index (χ3v) is 4.39. The number of para-hydroxylation sites is 1. The van der Waals surface area contributed by atoms with Gasteiger partial charge in [0, 0.05) is 5.02 Å². The zero-order chi connectivity index (χ0) is 16.2. The van der Waals surface area contributed by atoms with Gasteiger partial charge in [-0.25, -0.2) is 0 Å². The van der Waals surface area contributed by atoms with Crippen LogP contribution in [0.15, 0.2) is 66.7 Å². The van der Waals surface area contributed by atoms with E-state index in [4.69, 9.17) is 16.3 Å². The second-order valence-electron chi connectivity index (χ2n) is 5.68. The molecule has 116 valence electrons. The molecule has 0 aliphatic carbocycles. The van der Waals surface area contributed by atoms with Crippen molar-refractivity contribution >= 4 is 11.6 Å². The minimum Gasteiger partial charge on any atom is -0.489 e. The third kappa shape index (κ3) is 3.57. The van der Waals surface area contributed by atoms with Crippen molar-refractivity contribution in [2.75, 3.05) is 0 Å². The first-order chi connectivity index (χ1) is 11.1. The summed E-state index contributed by atoms with van der Waals surface area (Å²) >= 11 is 6.14. The van der Waals surface area contributed by atoms with Gasteiger partial charge in [-0.15, -0.1) is 0 Å². The van der Waals surface area contributed by atoms with Gasteiger partial charge in [0.15, 0.2) is 0 Å². The average molecular weight is 323 g/mol. The molecule has 1 nitrogen and oxygen atoms in total. The first-order valence-electron chi connectivity index (χ1n) is 7.68. The van der Waals surface area contributed by atoms with Gasteiger partial charge in [-0.1, -0.05) is 60.1 Å². The molecular formula is C21H19ClO. The fourth-order valence-electron chi connectivity index (χ4n) is 2.61. The maximum absolute atomic E-state index is 6.14. The monoisotopic (exact) mass is 322 g/mol. The lowest BCUT2D eigenvalue weighted by Crippen LogP contribution is -1.99. The van der Waals surface area contributed by atoms with Crippen molar-refractivity contribution in [3.05, 3.63) is 88.4 Å². The van der Waals surface area contributed by atoms with Crippen LogP contribution in [-0.2, 0) is 6.61 Å². The van der Waals surface area contributed by atoms with E-state index in [1.807, 2.05) is 37.3 Å². The van der Waals surface area contributed by atoms with Gasteiger partial charge < -0.3 is 4.74 Å². The second-order valence-corrected chi connectivity index (χ2v) is 6.08. The zero-order valence-electron chi connectivity index (χ0n) is 13.3. The molecule has 3 aromatic rings. The number of ether oxygens (including phenoxy) is 1. The predicted octanol–water partition coefficient (Wildman–Crippen LogP) is 6.20. The highest BCUT2D eigenvalue weighted by molar-refractivity contribution is 6.31. The quantitative estimate of drug-likeness (QED) is 0.555. The maximum Gasteiger partial charge on any atom is 0.122 e. The molecule has 0 spiro atoms. The molecule has 2 heteroatoms. The largest absolute Gasteiger partial charge is 0.489 e. The Labute approximate surface area is 142 Å². The summed E-state index contributed by atoms with van der Waals surface area (Å²) in [6.45, 7) is 4.63. The molecule has 3 rings (SSSR count). The molecule has 0 fully saturated rings. The molecule has 0 heterocycles. The predicted molar refractivity (Wildman–Crippen MR) is 97.1 cm³/mol. The van der Waals surface area contributed by atoms with Crippen LogP contribution in [0.1, 0.15) is 16.7 Å². The summed E-state index contributed by atoms with van der Waals surface area (Å²) in [6.07, 6.45) is 0. The van der Waals surface area contributed by atoms with Crippen LogP contribution in [0, 0.1) is 13.8 Å². The van der Waals surface area contributed by atoms with Crippen LogP contribution in [0.5, 0.6) is 5.75 Å². The summed E-state index contributed by atoms with van der Waals surface area (Å²) in [4.78, 5) is 0. The van der Waals surface area contributed by atoms with Crippen molar-refractivity contribution < 1.29 is 4.74 Å². The van der Waals surface area contributed by atoms with Crippen LogP contribution >= 0.6 is 11.6 Å². The average Bonchev–Trinajstić information content (AvgIpc) is 2.57. The summed E-state index contributed by atoms with van der Waals surface area (Å²) in [6, 6.07) is 22.5. The van der Waals surface area contributed by atoms with E-state index in [1.54, 1.807) is 0 Å². The maximum atomic E-state index is 6.14. The fourth-order valence-corrected chi connectivity index (χ4v) is 2.73. The van der Waals surface area contributed by atoms with Gasteiger partial charge >= 0.3 is 0 Å². The highest BCUT2D eigenvalue weighted by atomic mass is 35.5. The number of halogens is 1. The number of rotatable bonds is 4. The molecule has 0 aliphatic heterocycles. The van der Waals surface area contributed by atoms with Gasteiger partial charge in [-0.05, 0) is 59.9 Å². The molecule has 0 saturated carbocycles. The van der Waals surface area contributed by atoms with Crippen LogP contribution in [-0.4, -0.2) is 0 Å². The molecule has 0 amide bonds. The molecule has 0 N–H and O–H groups in total. The van der Waals surface area contributed by atoms with E-state index in [2.05, 4.69) is 43.3 Å². The van der Waals surface area contributed by atoms with E-state index in [9.17, 15) is 0 Å². The highest BCUT2D eigenvalue weighted by Gasteiger charge is 2.07. The summed E-state index contributed by atoms with van der Waals surface area (Å²) in [5.74, 6) is 0.926. The fraction of sp³-hybridized carbons (Fsp3) is 0.143. The van der Waals surface area contributed by atoms with Gasteiger partial charge in [0.05, 0.1) is 0 Å². The SMILES string of the molecule is Cc1cc(-c2ccccc2COc2ccccc2C)ccc1Cl. The van der Waals surface area contributed by atoms with Crippen molar-refractivity contribution in [1.29, 1.82) is 0 Å². The molecular weight excluding hydrogens is 304 g/mol. The number of hydrogen-bond donors (Lipinski definition) is 0. The van der Waals surface area contributed by atoms with Crippen LogP contribution in [0.25, 0.3) is 11.1 Å². The minimum atomic E-state index is 0.544. The summed E-state index contributed by atoms with van der Waals surface area (Å²) in [7, 11) is 0. The Morgan fingerprint density at radius 3 is 2.35 bits per heavy atom. The van der Waals surface area contributed by atoms with Crippen LogP contribution in [0.4, 0.5) is 0 Å². The van der Waals surface area contributed by atoms with E-state index in [-0.39, 0.29) is 0 Å². The van der Waals surface area contributed by atoms with Crippen molar-refractivity contribution in [1.82, 2.24) is 0 Å². The smallest absolute Gasteiger partial charge is 0.122 e. The van der Waals surface area contributed by atoms with Crippen molar-refractivity contribution in [3.8, 4) is 16.9 Å². The normalized spacial score (nSPS) is 10.6. The molecule has 0 unspecified atom stereocenters. The zero-order valence-corrected chi connectivity index (χ0v) is 14.1. The Balaban J connectivity index is 1.89. The van der Waals surface area contributed by atoms with E-state index in [0.717, 1.165) is 33.0 Å². The minimum absolute atomic E-state index is 0.544. The Bertz CT molecular complexity index is 824. The van der Waals surface area contributed by atoms with Crippen LogP contribution in [0.2, 0.25) is 5.02 Å². The first kappa shape index (κ1) is 15.6. The van der Waals surface area contributed by atoms with Gasteiger partial charge in [0.1, 0.15) is 12.4 Å². The standard InChI is InChI=1S/C21H19ClO/c1-15-7-3-6-10-21(15)23-14-18-8-4-5-9-19(18)17-11-12-20(22)16(2)13-17/h3-13H,14H2,1-2H3.